The molecule has 1 aliphatic carbocycles. The van der Waals surface area contributed by atoms with Crippen LogP contribution >= 0.6 is 0 Å². The maximum Gasteiger partial charge on any atom is 0.354 e. The van der Waals surface area contributed by atoms with Gasteiger partial charge in [0.1, 0.15) is 17.5 Å². The first-order valence-electron chi connectivity index (χ1n) is 9.59. The van der Waals surface area contributed by atoms with Gasteiger partial charge in [-0.05, 0) is 44.0 Å². The van der Waals surface area contributed by atoms with Crippen LogP contribution in [-0.2, 0) is 20.9 Å². The standard InChI is InChI=1S/C21H23N3O4/c1-2-27-21(26)18-13-19(24(22-18)16-7-4-3-5-8-16)20(25)23(15-10-11-15)14-17-9-6-12-28-17/h3-9,12,15,19H,2,10-11,13-14H2,1H3/t19-/m0/s1. The highest BCUT2D eigenvalue weighted by Crippen LogP contribution is 2.33. The Hall–Kier alpha value is -3.09. The maximum atomic E-state index is 13.5. The van der Waals surface area contributed by atoms with Crippen LogP contribution in [0.15, 0.2) is 58.2 Å². The number of para-hydroxylation sites is 1. The average molecular weight is 381 g/mol. The molecule has 28 heavy (non-hydrogen) atoms. The average Bonchev–Trinajstić information content (AvgIpc) is 3.24. The van der Waals surface area contributed by atoms with E-state index in [1.54, 1.807) is 18.2 Å². The molecule has 0 saturated heterocycles. The molecule has 0 radical (unpaired) electrons. The van der Waals surface area contributed by atoms with Gasteiger partial charge < -0.3 is 14.1 Å². The molecule has 4 rings (SSSR count). The molecule has 7 heteroatoms. The van der Waals surface area contributed by atoms with Crippen molar-refractivity contribution < 1.29 is 18.7 Å². The third-order valence-corrected chi connectivity index (χ3v) is 4.90. The normalized spacial score (nSPS) is 18.7. The molecule has 1 saturated carbocycles. The monoisotopic (exact) mass is 381 g/mol. The summed E-state index contributed by atoms with van der Waals surface area (Å²) in [5.74, 6) is 0.226. The molecule has 0 N–H and O–H groups in total. The molecule has 146 valence electrons. The van der Waals surface area contributed by atoms with Gasteiger partial charge in [0.2, 0.25) is 5.91 Å². The van der Waals surface area contributed by atoms with Crippen LogP contribution in [0, 0.1) is 0 Å². The fourth-order valence-electron chi connectivity index (χ4n) is 3.39. The van der Waals surface area contributed by atoms with Crippen LogP contribution in [0.3, 0.4) is 0 Å². The lowest BCUT2D eigenvalue weighted by Crippen LogP contribution is -2.46. The van der Waals surface area contributed by atoms with Crippen molar-refractivity contribution in [3.8, 4) is 0 Å². The lowest BCUT2D eigenvalue weighted by molar-refractivity contribution is -0.135. The van der Waals surface area contributed by atoms with E-state index in [9.17, 15) is 9.59 Å². The van der Waals surface area contributed by atoms with Crippen LogP contribution < -0.4 is 5.01 Å². The Labute approximate surface area is 163 Å². The zero-order valence-corrected chi connectivity index (χ0v) is 15.8. The number of amides is 1. The number of carbonyl (C=O) groups excluding carboxylic acids is 2. The molecule has 0 unspecified atom stereocenters. The predicted octanol–water partition coefficient (Wildman–Crippen LogP) is 2.97. The zero-order valence-electron chi connectivity index (χ0n) is 15.8. The van der Waals surface area contributed by atoms with Crippen molar-refractivity contribution in [3.05, 3.63) is 54.5 Å². The summed E-state index contributed by atoms with van der Waals surface area (Å²) in [6.45, 7) is 2.45. The Kier molecular flexibility index (Phi) is 5.14. The highest BCUT2D eigenvalue weighted by atomic mass is 16.5. The van der Waals surface area contributed by atoms with E-state index < -0.39 is 12.0 Å². The number of ether oxygens (including phenoxy) is 1. The van der Waals surface area contributed by atoms with Crippen molar-refractivity contribution >= 4 is 23.3 Å². The number of anilines is 1. The van der Waals surface area contributed by atoms with E-state index in [4.69, 9.17) is 9.15 Å². The van der Waals surface area contributed by atoms with Crippen molar-refractivity contribution in [3.63, 3.8) is 0 Å². The number of benzene rings is 1. The number of hydrogen-bond donors (Lipinski definition) is 0. The summed E-state index contributed by atoms with van der Waals surface area (Å²) in [6, 6.07) is 12.8. The predicted molar refractivity (Wildman–Crippen MR) is 104 cm³/mol. The van der Waals surface area contributed by atoms with Crippen LogP contribution in [0.4, 0.5) is 5.69 Å². The second kappa shape index (κ2) is 7.88. The summed E-state index contributed by atoms with van der Waals surface area (Å²) in [5, 5.41) is 6.09. The number of furan rings is 1. The summed E-state index contributed by atoms with van der Waals surface area (Å²) in [4.78, 5) is 27.6. The SMILES string of the molecule is CCOC(=O)C1=NN(c2ccccc2)[C@H](C(=O)N(Cc2ccco2)C2CC2)C1. The molecule has 1 atom stereocenters. The Morgan fingerprint density at radius 1 is 1.21 bits per heavy atom. The first-order chi connectivity index (χ1) is 13.7. The Balaban J connectivity index is 1.60. The molecule has 7 nitrogen and oxygen atoms in total. The molecule has 2 heterocycles. The minimum Gasteiger partial charge on any atom is -0.467 e. The molecule has 2 aromatic rings. The highest BCUT2D eigenvalue weighted by molar-refractivity contribution is 6.38. The van der Waals surface area contributed by atoms with Gasteiger partial charge >= 0.3 is 5.97 Å². The summed E-state index contributed by atoms with van der Waals surface area (Å²) < 4.78 is 10.6. The Morgan fingerprint density at radius 2 is 2.00 bits per heavy atom. The minimum absolute atomic E-state index is 0.0502. The first kappa shape index (κ1) is 18.3. The van der Waals surface area contributed by atoms with E-state index in [-0.39, 0.29) is 30.7 Å². The van der Waals surface area contributed by atoms with E-state index in [2.05, 4.69) is 5.10 Å². The van der Waals surface area contributed by atoms with Gasteiger partial charge in [0, 0.05) is 12.5 Å². The van der Waals surface area contributed by atoms with Crippen molar-refractivity contribution in [1.82, 2.24) is 4.90 Å². The van der Waals surface area contributed by atoms with Gasteiger partial charge in [-0.15, -0.1) is 0 Å². The van der Waals surface area contributed by atoms with Gasteiger partial charge in [-0.25, -0.2) is 4.79 Å². The number of hydrazone groups is 1. The topological polar surface area (TPSA) is 75.3 Å². The van der Waals surface area contributed by atoms with Crippen LogP contribution in [0.25, 0.3) is 0 Å². The number of esters is 1. The van der Waals surface area contributed by atoms with Crippen LogP contribution in [-0.4, -0.2) is 41.2 Å². The molecule has 1 aliphatic heterocycles. The van der Waals surface area contributed by atoms with Crippen LogP contribution in [0.2, 0.25) is 0 Å². The van der Waals surface area contributed by atoms with Gasteiger partial charge in [0.05, 0.1) is 25.1 Å². The molecular formula is C21H23N3O4. The van der Waals surface area contributed by atoms with Crippen molar-refractivity contribution in [2.45, 2.75) is 44.8 Å². The van der Waals surface area contributed by atoms with E-state index in [1.807, 2.05) is 47.4 Å². The van der Waals surface area contributed by atoms with E-state index in [1.165, 1.54) is 0 Å². The molecule has 0 spiro atoms. The van der Waals surface area contributed by atoms with E-state index in [0.717, 1.165) is 24.3 Å². The first-order valence-corrected chi connectivity index (χ1v) is 9.59. The fraction of sp³-hybridized carbons (Fsp3) is 0.381. The van der Waals surface area contributed by atoms with Crippen LogP contribution in [0.1, 0.15) is 31.9 Å². The number of hydrogen-bond acceptors (Lipinski definition) is 6. The summed E-state index contributed by atoms with van der Waals surface area (Å²) in [6.07, 6.45) is 3.80. The van der Waals surface area contributed by atoms with Gasteiger partial charge in [-0.1, -0.05) is 18.2 Å². The minimum atomic E-state index is -0.572. The second-order valence-corrected chi connectivity index (χ2v) is 6.94. The number of nitrogens with zero attached hydrogens (tertiary/aromatic N) is 3. The summed E-state index contributed by atoms with van der Waals surface area (Å²) in [7, 11) is 0. The largest absolute Gasteiger partial charge is 0.467 e. The molecule has 1 fully saturated rings. The zero-order chi connectivity index (χ0) is 19.5. The maximum absolute atomic E-state index is 13.5. The molecular weight excluding hydrogens is 358 g/mol. The lowest BCUT2D eigenvalue weighted by atomic mass is 10.1. The second-order valence-electron chi connectivity index (χ2n) is 6.94. The van der Waals surface area contributed by atoms with Crippen LogP contribution in [0.5, 0.6) is 0 Å². The summed E-state index contributed by atoms with van der Waals surface area (Å²) >= 11 is 0. The molecule has 0 bridgehead atoms. The smallest absolute Gasteiger partial charge is 0.354 e. The third kappa shape index (κ3) is 3.78. The number of carbonyl (C=O) groups is 2. The highest BCUT2D eigenvalue weighted by Gasteiger charge is 2.43. The van der Waals surface area contributed by atoms with E-state index in [0.29, 0.717) is 6.54 Å². The number of rotatable bonds is 7. The van der Waals surface area contributed by atoms with Gasteiger partial charge in [0.15, 0.2) is 0 Å². The summed E-state index contributed by atoms with van der Waals surface area (Å²) in [5.41, 5.74) is 1.05. The molecule has 1 aromatic heterocycles. The van der Waals surface area contributed by atoms with Gasteiger partial charge in [0.25, 0.3) is 0 Å². The Bertz CT molecular complexity index is 859. The van der Waals surface area contributed by atoms with Crippen molar-refractivity contribution in [2.24, 2.45) is 5.10 Å². The quantitative estimate of drug-likeness (QED) is 0.689. The molecule has 1 aromatic carbocycles. The lowest BCUT2D eigenvalue weighted by Gasteiger charge is -2.29. The van der Waals surface area contributed by atoms with Crippen molar-refractivity contribution in [2.75, 3.05) is 11.6 Å². The van der Waals surface area contributed by atoms with Crippen molar-refractivity contribution in [1.29, 1.82) is 0 Å². The third-order valence-electron chi connectivity index (χ3n) is 4.90. The fourth-order valence-corrected chi connectivity index (χ4v) is 3.39. The molecule has 1 amide bonds. The van der Waals surface area contributed by atoms with Gasteiger partial charge in [-0.2, -0.15) is 5.10 Å². The Morgan fingerprint density at radius 3 is 2.64 bits per heavy atom. The van der Waals surface area contributed by atoms with Gasteiger partial charge in [-0.3, -0.25) is 9.80 Å². The molecule has 2 aliphatic rings. The van der Waals surface area contributed by atoms with E-state index >= 15 is 0 Å².